The third kappa shape index (κ3) is 5.59. The maximum atomic E-state index is 12.7. The monoisotopic (exact) mass is 425 g/mol. The van der Waals surface area contributed by atoms with Gasteiger partial charge >= 0.3 is 12.3 Å². The van der Waals surface area contributed by atoms with Crippen LogP contribution in [0.25, 0.3) is 0 Å². The van der Waals surface area contributed by atoms with E-state index in [0.29, 0.717) is 0 Å². The van der Waals surface area contributed by atoms with Gasteiger partial charge in [0, 0.05) is 0 Å². The van der Waals surface area contributed by atoms with E-state index >= 15 is 0 Å². The molecule has 1 heterocycles. The summed E-state index contributed by atoms with van der Waals surface area (Å²) in [7, 11) is 0. The molecule has 0 saturated carbocycles. The fourth-order valence-corrected chi connectivity index (χ4v) is 1.94. The van der Waals surface area contributed by atoms with Crippen LogP contribution in [-0.2, 0) is 16.0 Å². The Bertz CT molecular complexity index is 521. The van der Waals surface area contributed by atoms with Crippen molar-refractivity contribution in [3.63, 3.8) is 0 Å². The first kappa shape index (κ1) is 17.9. The number of ether oxygens (including phenoxy) is 2. The van der Waals surface area contributed by atoms with Gasteiger partial charge in [-0.05, 0) is 41.1 Å². The molecule has 4 nitrogen and oxygen atoms in total. The molecule has 21 heavy (non-hydrogen) atoms. The molecule has 0 aliphatic carbocycles. The van der Waals surface area contributed by atoms with Gasteiger partial charge in [-0.1, -0.05) is 0 Å². The lowest BCUT2D eigenvalue weighted by atomic mass is 10.1. The highest BCUT2D eigenvalue weighted by Gasteiger charge is 2.34. The Hall–Kier alpha value is -1.20. The molecule has 0 N–H and O–H groups in total. The highest BCUT2D eigenvalue weighted by molar-refractivity contribution is 14.1. The number of hydrogen-bond donors (Lipinski definition) is 0. The molecule has 0 atom stereocenters. The minimum Gasteiger partial charge on any atom is -0.466 e. The van der Waals surface area contributed by atoms with E-state index in [4.69, 9.17) is 0 Å². The van der Waals surface area contributed by atoms with Crippen molar-refractivity contribution in [2.45, 2.75) is 26.1 Å². The second-order valence-electron chi connectivity index (χ2n) is 3.66. The molecule has 0 aliphatic rings. The van der Waals surface area contributed by atoms with Crippen LogP contribution in [0.3, 0.4) is 0 Å². The van der Waals surface area contributed by atoms with Crippen molar-refractivity contribution in [2.75, 3.05) is 6.61 Å². The number of esters is 1. The molecule has 10 heteroatoms. The first-order valence-corrected chi connectivity index (χ1v) is 6.60. The Labute approximate surface area is 129 Å². The molecule has 0 radical (unpaired) electrons. The average molecular weight is 425 g/mol. The molecule has 0 amide bonds. The summed E-state index contributed by atoms with van der Waals surface area (Å²) in [4.78, 5) is 14.5. The number of nitrogens with zero attached hydrogens (tertiary/aromatic N) is 1. The van der Waals surface area contributed by atoms with E-state index in [1.807, 2.05) is 0 Å². The molecule has 1 aromatic heterocycles. The van der Waals surface area contributed by atoms with Gasteiger partial charge in [0.1, 0.15) is 5.69 Å². The van der Waals surface area contributed by atoms with E-state index in [9.17, 15) is 26.7 Å². The van der Waals surface area contributed by atoms with Gasteiger partial charge in [0.15, 0.2) is 0 Å². The fourth-order valence-electron chi connectivity index (χ4n) is 1.36. The summed E-state index contributed by atoms with van der Waals surface area (Å²) < 4.78 is 70.0. The lowest BCUT2D eigenvalue weighted by Crippen LogP contribution is -2.20. The number of aromatic nitrogens is 1. The second-order valence-corrected chi connectivity index (χ2v) is 4.73. The van der Waals surface area contributed by atoms with Gasteiger partial charge in [-0.25, -0.2) is 13.8 Å². The summed E-state index contributed by atoms with van der Waals surface area (Å²) >= 11 is 1.44. The van der Waals surface area contributed by atoms with Crippen molar-refractivity contribution in [1.29, 1.82) is 0 Å². The average Bonchev–Trinajstić information content (AvgIpc) is 2.32. The van der Waals surface area contributed by atoms with Crippen LogP contribution in [0.4, 0.5) is 22.0 Å². The van der Waals surface area contributed by atoms with Gasteiger partial charge in [-0.2, -0.15) is 0 Å². The van der Waals surface area contributed by atoms with Gasteiger partial charge in [0.2, 0.25) is 5.88 Å². The van der Waals surface area contributed by atoms with E-state index in [1.54, 1.807) is 0 Å². The van der Waals surface area contributed by atoms with E-state index in [-0.39, 0.29) is 15.7 Å². The van der Waals surface area contributed by atoms with Crippen LogP contribution < -0.4 is 4.74 Å². The van der Waals surface area contributed by atoms with Crippen LogP contribution in [0, 0.1) is 3.57 Å². The number of carbonyl (C=O) groups is 1. The highest BCUT2D eigenvalue weighted by atomic mass is 127. The molecular weight excluding hydrogens is 416 g/mol. The van der Waals surface area contributed by atoms with E-state index in [0.717, 1.165) is 6.07 Å². The van der Waals surface area contributed by atoms with Crippen molar-refractivity contribution in [3.05, 3.63) is 20.9 Å². The normalized spacial score (nSPS) is 11.6. The molecule has 0 aromatic carbocycles. The predicted molar refractivity (Wildman–Crippen MR) is 68.9 cm³/mol. The fraction of sp³-hybridized carbons (Fsp3) is 0.455. The minimum absolute atomic E-state index is 0.0636. The zero-order chi connectivity index (χ0) is 16.2. The molecule has 0 spiro atoms. The predicted octanol–water partition coefficient (Wildman–Crippen LogP) is 3.63. The van der Waals surface area contributed by atoms with E-state index < -0.39 is 36.8 Å². The Balaban J connectivity index is 3.19. The van der Waals surface area contributed by atoms with Crippen molar-refractivity contribution in [1.82, 2.24) is 4.98 Å². The summed E-state index contributed by atoms with van der Waals surface area (Å²) in [6, 6.07) is 0.854. The molecule has 0 aliphatic heterocycles. The topological polar surface area (TPSA) is 48.4 Å². The van der Waals surface area contributed by atoms with Crippen molar-refractivity contribution < 1.29 is 36.2 Å². The van der Waals surface area contributed by atoms with Gasteiger partial charge in [0.05, 0.1) is 16.6 Å². The standard InChI is InChI=1S/C11H9F5INO3/c1-2-20-7(19)4-5-3-6(9(12)13)18-10(8(5)17)21-11(14,15)16/h3,9H,2,4H2,1H3. The number of pyridine rings is 1. The zero-order valence-electron chi connectivity index (χ0n) is 10.5. The van der Waals surface area contributed by atoms with Crippen LogP contribution in [0.15, 0.2) is 6.07 Å². The van der Waals surface area contributed by atoms with Crippen LogP contribution in [-0.4, -0.2) is 23.9 Å². The number of alkyl halides is 5. The van der Waals surface area contributed by atoms with E-state index in [2.05, 4.69) is 14.5 Å². The Morgan fingerprint density at radius 1 is 1.43 bits per heavy atom. The molecule has 0 bridgehead atoms. The molecule has 1 aromatic rings. The van der Waals surface area contributed by atoms with Gasteiger partial charge in [-0.15, -0.1) is 13.2 Å². The second kappa shape index (κ2) is 7.18. The van der Waals surface area contributed by atoms with Gasteiger partial charge < -0.3 is 9.47 Å². The molecule has 1 rings (SSSR count). The highest BCUT2D eigenvalue weighted by Crippen LogP contribution is 2.31. The van der Waals surface area contributed by atoms with Crippen molar-refractivity contribution >= 4 is 28.6 Å². The Morgan fingerprint density at radius 2 is 2.05 bits per heavy atom. The van der Waals surface area contributed by atoms with Gasteiger partial charge in [-0.3, -0.25) is 4.79 Å². The van der Waals surface area contributed by atoms with Crippen molar-refractivity contribution in [2.24, 2.45) is 0 Å². The van der Waals surface area contributed by atoms with Crippen LogP contribution in [0.5, 0.6) is 5.88 Å². The Morgan fingerprint density at radius 3 is 2.52 bits per heavy atom. The number of carbonyl (C=O) groups excluding carboxylic acids is 1. The molecule has 118 valence electrons. The van der Waals surface area contributed by atoms with E-state index in [1.165, 1.54) is 29.5 Å². The third-order valence-corrected chi connectivity index (χ3v) is 3.25. The SMILES string of the molecule is CCOC(=O)Cc1cc(C(F)F)nc(OC(F)(F)F)c1I. The molecule has 0 fully saturated rings. The van der Waals surface area contributed by atoms with Crippen LogP contribution in [0.1, 0.15) is 24.6 Å². The lowest BCUT2D eigenvalue weighted by molar-refractivity contribution is -0.276. The first-order valence-electron chi connectivity index (χ1n) is 5.52. The number of rotatable bonds is 5. The molecule has 0 unspecified atom stereocenters. The maximum Gasteiger partial charge on any atom is 0.574 e. The number of hydrogen-bond acceptors (Lipinski definition) is 4. The van der Waals surface area contributed by atoms with Crippen LogP contribution >= 0.6 is 22.6 Å². The minimum atomic E-state index is -5.07. The third-order valence-electron chi connectivity index (χ3n) is 2.10. The number of halogens is 6. The maximum absolute atomic E-state index is 12.7. The largest absolute Gasteiger partial charge is 0.574 e. The smallest absolute Gasteiger partial charge is 0.466 e. The summed E-state index contributed by atoms with van der Waals surface area (Å²) in [5, 5.41) is 0. The summed E-state index contributed by atoms with van der Waals surface area (Å²) in [6.45, 7) is 1.60. The summed E-state index contributed by atoms with van der Waals surface area (Å²) in [6.07, 6.45) is -8.63. The quantitative estimate of drug-likeness (QED) is 0.411. The summed E-state index contributed by atoms with van der Waals surface area (Å²) in [5.41, 5.74) is -0.979. The first-order chi connectivity index (χ1) is 9.64. The molecule has 0 saturated heterocycles. The van der Waals surface area contributed by atoms with Crippen LogP contribution in [0.2, 0.25) is 0 Å². The Kier molecular flexibility index (Phi) is 6.10. The lowest BCUT2D eigenvalue weighted by Gasteiger charge is -2.14. The zero-order valence-corrected chi connectivity index (χ0v) is 12.7. The van der Waals surface area contributed by atoms with Crippen molar-refractivity contribution in [3.8, 4) is 5.88 Å². The molecular formula is C11H9F5INO3. The summed E-state index contributed by atoms with van der Waals surface area (Å²) in [5.74, 6) is -1.76. The van der Waals surface area contributed by atoms with Gasteiger partial charge in [0.25, 0.3) is 6.43 Å².